The van der Waals surface area contributed by atoms with Crippen molar-refractivity contribution in [2.45, 2.75) is 13.5 Å². The SMILES string of the molecule is Cc1ccc(Oc2c(COC(=O)CCl)c(-c3ccccc3)nn2C)cc1. The first kappa shape index (κ1) is 18.0. The van der Waals surface area contributed by atoms with Crippen LogP contribution in [0.15, 0.2) is 54.6 Å². The molecule has 0 aliphatic rings. The van der Waals surface area contributed by atoms with Crippen LogP contribution < -0.4 is 4.74 Å². The van der Waals surface area contributed by atoms with Gasteiger partial charge in [0.15, 0.2) is 0 Å². The third-order valence-corrected chi connectivity index (χ3v) is 4.08. The fourth-order valence-electron chi connectivity index (χ4n) is 2.55. The Bertz CT molecular complexity index is 889. The van der Waals surface area contributed by atoms with Crippen molar-refractivity contribution in [1.29, 1.82) is 0 Å². The molecular formula is C20H19ClN2O3. The molecule has 3 rings (SSSR count). The van der Waals surface area contributed by atoms with Gasteiger partial charge in [-0.3, -0.25) is 4.79 Å². The molecule has 0 saturated carbocycles. The third-order valence-electron chi connectivity index (χ3n) is 3.86. The van der Waals surface area contributed by atoms with Gasteiger partial charge in [0.05, 0.1) is 5.56 Å². The van der Waals surface area contributed by atoms with Gasteiger partial charge in [0.1, 0.15) is 23.9 Å². The van der Waals surface area contributed by atoms with E-state index in [1.165, 1.54) is 0 Å². The molecule has 26 heavy (non-hydrogen) atoms. The Labute approximate surface area is 157 Å². The molecule has 0 N–H and O–H groups in total. The average molecular weight is 371 g/mol. The lowest BCUT2D eigenvalue weighted by molar-refractivity contribution is -0.141. The minimum atomic E-state index is -0.490. The van der Waals surface area contributed by atoms with Crippen LogP contribution in [-0.4, -0.2) is 21.6 Å². The zero-order valence-electron chi connectivity index (χ0n) is 14.6. The number of hydrogen-bond donors (Lipinski definition) is 0. The van der Waals surface area contributed by atoms with E-state index in [4.69, 9.17) is 21.1 Å². The summed E-state index contributed by atoms with van der Waals surface area (Å²) in [4.78, 5) is 11.5. The molecule has 1 aromatic heterocycles. The molecule has 0 atom stereocenters. The zero-order chi connectivity index (χ0) is 18.5. The molecule has 0 unspecified atom stereocenters. The number of esters is 1. The molecule has 1 heterocycles. The van der Waals surface area contributed by atoms with Crippen molar-refractivity contribution < 1.29 is 14.3 Å². The Morgan fingerprint density at radius 3 is 2.46 bits per heavy atom. The first-order chi connectivity index (χ1) is 12.6. The quantitative estimate of drug-likeness (QED) is 0.474. The second-order valence-corrected chi connectivity index (χ2v) is 6.10. The number of aryl methyl sites for hydroxylation is 2. The summed E-state index contributed by atoms with van der Waals surface area (Å²) >= 11 is 5.54. The molecular weight excluding hydrogens is 352 g/mol. The summed E-state index contributed by atoms with van der Waals surface area (Å²) in [7, 11) is 1.79. The highest BCUT2D eigenvalue weighted by Gasteiger charge is 2.21. The first-order valence-corrected chi connectivity index (χ1v) is 8.69. The van der Waals surface area contributed by atoms with E-state index in [0.29, 0.717) is 22.9 Å². The molecule has 0 aliphatic carbocycles. The molecule has 5 nitrogen and oxygen atoms in total. The molecule has 3 aromatic rings. The van der Waals surface area contributed by atoms with E-state index in [-0.39, 0.29) is 12.5 Å². The van der Waals surface area contributed by atoms with Crippen LogP contribution >= 0.6 is 11.6 Å². The number of nitrogens with zero attached hydrogens (tertiary/aromatic N) is 2. The minimum Gasteiger partial charge on any atom is -0.460 e. The van der Waals surface area contributed by atoms with Crippen LogP contribution in [-0.2, 0) is 23.2 Å². The highest BCUT2D eigenvalue weighted by molar-refractivity contribution is 6.26. The monoisotopic (exact) mass is 370 g/mol. The molecule has 134 valence electrons. The maximum Gasteiger partial charge on any atom is 0.321 e. The lowest BCUT2D eigenvalue weighted by Gasteiger charge is -2.10. The van der Waals surface area contributed by atoms with E-state index in [1.807, 2.05) is 61.5 Å². The second-order valence-electron chi connectivity index (χ2n) is 5.83. The van der Waals surface area contributed by atoms with Gasteiger partial charge in [-0.25, -0.2) is 4.68 Å². The van der Waals surface area contributed by atoms with Gasteiger partial charge >= 0.3 is 5.97 Å². The van der Waals surface area contributed by atoms with E-state index in [2.05, 4.69) is 5.10 Å². The van der Waals surface area contributed by atoms with Crippen molar-refractivity contribution >= 4 is 17.6 Å². The van der Waals surface area contributed by atoms with Crippen LogP contribution in [0, 0.1) is 6.92 Å². The number of rotatable bonds is 6. The van der Waals surface area contributed by atoms with Crippen LogP contribution in [0.1, 0.15) is 11.1 Å². The Morgan fingerprint density at radius 1 is 1.12 bits per heavy atom. The average Bonchev–Trinajstić information content (AvgIpc) is 2.98. The summed E-state index contributed by atoms with van der Waals surface area (Å²) < 4.78 is 12.9. The van der Waals surface area contributed by atoms with Crippen molar-refractivity contribution in [1.82, 2.24) is 9.78 Å². The molecule has 0 radical (unpaired) electrons. The highest BCUT2D eigenvalue weighted by atomic mass is 35.5. The smallest absolute Gasteiger partial charge is 0.321 e. The van der Waals surface area contributed by atoms with Crippen LogP contribution in [0.3, 0.4) is 0 Å². The fraction of sp³-hybridized carbons (Fsp3) is 0.200. The summed E-state index contributed by atoms with van der Waals surface area (Å²) in [5.74, 6) is 0.517. The van der Waals surface area contributed by atoms with Crippen LogP contribution in [0.4, 0.5) is 0 Å². The number of halogens is 1. The van der Waals surface area contributed by atoms with Crippen molar-refractivity contribution in [3.8, 4) is 22.9 Å². The van der Waals surface area contributed by atoms with Gasteiger partial charge in [0.2, 0.25) is 5.88 Å². The molecule has 0 fully saturated rings. The predicted octanol–water partition coefficient (Wildman–Crippen LogP) is 4.47. The van der Waals surface area contributed by atoms with Gasteiger partial charge in [-0.2, -0.15) is 5.10 Å². The summed E-state index contributed by atoms with van der Waals surface area (Å²) in [6.45, 7) is 2.04. The van der Waals surface area contributed by atoms with E-state index in [0.717, 1.165) is 11.1 Å². The van der Waals surface area contributed by atoms with Crippen LogP contribution in [0.2, 0.25) is 0 Å². The topological polar surface area (TPSA) is 53.4 Å². The van der Waals surface area contributed by atoms with E-state index in [9.17, 15) is 4.79 Å². The summed E-state index contributed by atoms with van der Waals surface area (Å²) in [6, 6.07) is 17.4. The zero-order valence-corrected chi connectivity index (χ0v) is 15.4. The van der Waals surface area contributed by atoms with Gasteiger partial charge < -0.3 is 9.47 Å². The summed E-state index contributed by atoms with van der Waals surface area (Å²) in [6.07, 6.45) is 0. The maximum absolute atomic E-state index is 11.5. The molecule has 0 amide bonds. The van der Waals surface area contributed by atoms with Gasteiger partial charge in [-0.15, -0.1) is 11.6 Å². The number of aromatic nitrogens is 2. The first-order valence-electron chi connectivity index (χ1n) is 8.16. The molecule has 0 saturated heterocycles. The van der Waals surface area contributed by atoms with Crippen molar-refractivity contribution in [3.05, 3.63) is 65.7 Å². The molecule has 2 aromatic carbocycles. The molecule has 6 heteroatoms. The van der Waals surface area contributed by atoms with Crippen molar-refractivity contribution in [2.24, 2.45) is 7.05 Å². The normalized spacial score (nSPS) is 10.6. The summed E-state index contributed by atoms with van der Waals surface area (Å²) in [5, 5.41) is 4.57. The van der Waals surface area contributed by atoms with Gasteiger partial charge in [-0.1, -0.05) is 48.0 Å². The number of carbonyl (C=O) groups excluding carboxylic acids is 1. The fourth-order valence-corrected chi connectivity index (χ4v) is 2.62. The largest absolute Gasteiger partial charge is 0.460 e. The number of carbonyl (C=O) groups is 1. The van der Waals surface area contributed by atoms with E-state index >= 15 is 0 Å². The van der Waals surface area contributed by atoms with Crippen molar-refractivity contribution in [3.63, 3.8) is 0 Å². The van der Waals surface area contributed by atoms with Gasteiger partial charge in [0.25, 0.3) is 0 Å². The van der Waals surface area contributed by atoms with Gasteiger partial charge in [0, 0.05) is 12.6 Å². The number of hydrogen-bond acceptors (Lipinski definition) is 4. The van der Waals surface area contributed by atoms with Crippen LogP contribution in [0.5, 0.6) is 11.6 Å². The maximum atomic E-state index is 11.5. The lowest BCUT2D eigenvalue weighted by atomic mass is 10.1. The lowest BCUT2D eigenvalue weighted by Crippen LogP contribution is -2.06. The van der Waals surface area contributed by atoms with Crippen molar-refractivity contribution in [2.75, 3.05) is 5.88 Å². The Morgan fingerprint density at radius 2 is 1.81 bits per heavy atom. The van der Waals surface area contributed by atoms with E-state index in [1.54, 1.807) is 11.7 Å². The Balaban J connectivity index is 2.00. The number of ether oxygens (including phenoxy) is 2. The number of benzene rings is 2. The minimum absolute atomic E-state index is 0.0326. The third kappa shape index (κ3) is 4.06. The molecule has 0 spiro atoms. The predicted molar refractivity (Wildman–Crippen MR) is 100 cm³/mol. The molecule has 0 aliphatic heterocycles. The molecule has 0 bridgehead atoms. The van der Waals surface area contributed by atoms with Gasteiger partial charge in [-0.05, 0) is 19.1 Å². The standard InChI is InChI=1S/C20H19ClN2O3/c1-14-8-10-16(11-9-14)26-20-17(13-25-18(24)12-21)19(22-23(20)2)15-6-4-3-5-7-15/h3-11H,12-13H2,1-2H3. The Hall–Kier alpha value is -2.79. The number of alkyl halides is 1. The summed E-state index contributed by atoms with van der Waals surface area (Å²) in [5.41, 5.74) is 3.46. The van der Waals surface area contributed by atoms with Crippen LogP contribution in [0.25, 0.3) is 11.3 Å². The highest BCUT2D eigenvalue weighted by Crippen LogP contribution is 2.33. The Kier molecular flexibility index (Phi) is 5.58. The second kappa shape index (κ2) is 8.06. The van der Waals surface area contributed by atoms with E-state index < -0.39 is 5.97 Å².